The molecule has 6 heteroatoms. The normalized spacial score (nSPS) is 21.3. The van der Waals surface area contributed by atoms with Crippen molar-refractivity contribution >= 4 is 22.9 Å². The largest absolute Gasteiger partial charge is 0.487 e. The number of nitrogens with one attached hydrogen (secondary N) is 1. The Kier molecular flexibility index (Phi) is 5.53. The van der Waals surface area contributed by atoms with Crippen molar-refractivity contribution in [1.82, 2.24) is 9.80 Å². The second-order valence-corrected chi connectivity index (χ2v) is 9.84. The highest BCUT2D eigenvalue weighted by atomic mass is 16.5. The molecule has 3 N–H and O–H groups in total. The van der Waals surface area contributed by atoms with Crippen molar-refractivity contribution in [3.63, 3.8) is 0 Å². The number of ether oxygens (including phenoxy) is 1. The average molecular weight is 433 g/mol. The zero-order valence-corrected chi connectivity index (χ0v) is 19.0. The van der Waals surface area contributed by atoms with Gasteiger partial charge in [-0.05, 0) is 38.4 Å². The van der Waals surface area contributed by atoms with Gasteiger partial charge in [0, 0.05) is 60.6 Å². The highest BCUT2D eigenvalue weighted by Gasteiger charge is 2.32. The summed E-state index contributed by atoms with van der Waals surface area (Å²) in [4.78, 5) is 17.7. The van der Waals surface area contributed by atoms with Gasteiger partial charge in [0.25, 0.3) is 5.91 Å². The van der Waals surface area contributed by atoms with Gasteiger partial charge in [0.05, 0.1) is 5.57 Å². The zero-order chi connectivity index (χ0) is 22.3. The SMILES string of the molecule is CC(C)(N)CCN1CCN(Cc2ccc3c(c2)CO/C3=C2/C(=O)Nc3ccccc32)CC1. The van der Waals surface area contributed by atoms with Crippen LogP contribution in [0.2, 0.25) is 0 Å². The number of amides is 1. The van der Waals surface area contributed by atoms with Gasteiger partial charge in [-0.25, -0.2) is 0 Å². The molecule has 0 saturated carbocycles. The standard InChI is InChI=1S/C26H32N4O2/c1-26(2,27)9-10-29-11-13-30(14-12-29)16-18-7-8-20-19(15-18)17-32-24(20)23-21-5-3-4-6-22(21)28-25(23)31/h3-8,15H,9-14,16-17,27H2,1-2H3,(H,28,31)/b24-23+. The second-order valence-electron chi connectivity index (χ2n) is 9.84. The predicted molar refractivity (Wildman–Crippen MR) is 128 cm³/mol. The molecule has 0 aliphatic carbocycles. The molecule has 3 heterocycles. The molecule has 0 bridgehead atoms. The molecule has 0 radical (unpaired) electrons. The van der Waals surface area contributed by atoms with Gasteiger partial charge in [0.1, 0.15) is 12.4 Å². The number of carbonyl (C=O) groups is 1. The average Bonchev–Trinajstić information content (AvgIpc) is 3.32. The molecule has 1 saturated heterocycles. The Balaban J connectivity index is 1.26. The van der Waals surface area contributed by atoms with Gasteiger partial charge in [-0.1, -0.05) is 36.4 Å². The van der Waals surface area contributed by atoms with Crippen molar-refractivity contribution in [2.75, 3.05) is 38.0 Å². The van der Waals surface area contributed by atoms with Gasteiger partial charge in [-0.2, -0.15) is 0 Å². The highest BCUT2D eigenvalue weighted by molar-refractivity contribution is 6.36. The number of nitrogens with zero attached hydrogens (tertiary/aromatic N) is 2. The lowest BCUT2D eigenvalue weighted by Gasteiger charge is -2.36. The maximum atomic E-state index is 12.6. The van der Waals surface area contributed by atoms with Crippen LogP contribution < -0.4 is 11.1 Å². The van der Waals surface area contributed by atoms with Crippen LogP contribution in [-0.2, 0) is 22.7 Å². The van der Waals surface area contributed by atoms with Gasteiger partial charge in [0.15, 0.2) is 0 Å². The third-order valence-corrected chi connectivity index (χ3v) is 6.63. The predicted octanol–water partition coefficient (Wildman–Crippen LogP) is 3.28. The molecule has 0 spiro atoms. The molecule has 32 heavy (non-hydrogen) atoms. The van der Waals surface area contributed by atoms with Gasteiger partial charge in [-0.3, -0.25) is 9.69 Å². The number of nitrogens with two attached hydrogens (primary N) is 1. The van der Waals surface area contributed by atoms with E-state index in [2.05, 4.69) is 47.2 Å². The number of carbonyl (C=O) groups excluding carboxylic acids is 1. The lowest BCUT2D eigenvalue weighted by atomic mass is 9.99. The highest BCUT2D eigenvalue weighted by Crippen LogP contribution is 2.41. The maximum absolute atomic E-state index is 12.6. The summed E-state index contributed by atoms with van der Waals surface area (Å²) < 4.78 is 6.04. The molecule has 2 aromatic rings. The molecule has 168 valence electrons. The van der Waals surface area contributed by atoms with E-state index in [-0.39, 0.29) is 11.4 Å². The molecule has 5 rings (SSSR count). The van der Waals surface area contributed by atoms with Crippen molar-refractivity contribution in [2.45, 2.75) is 39.0 Å². The van der Waals surface area contributed by atoms with E-state index in [4.69, 9.17) is 10.5 Å². The van der Waals surface area contributed by atoms with Crippen LogP contribution in [-0.4, -0.2) is 54.0 Å². The zero-order valence-electron chi connectivity index (χ0n) is 19.0. The molecular weight excluding hydrogens is 400 g/mol. The molecule has 1 fully saturated rings. The molecule has 1 amide bonds. The Bertz CT molecular complexity index is 1060. The third-order valence-electron chi connectivity index (χ3n) is 6.63. The summed E-state index contributed by atoms with van der Waals surface area (Å²) in [6.45, 7) is 11.1. The Morgan fingerprint density at radius 3 is 2.56 bits per heavy atom. The van der Waals surface area contributed by atoms with Crippen LogP contribution in [0.4, 0.5) is 5.69 Å². The van der Waals surface area contributed by atoms with Crippen LogP contribution in [0.25, 0.3) is 11.3 Å². The maximum Gasteiger partial charge on any atom is 0.260 e. The molecule has 2 aromatic carbocycles. The van der Waals surface area contributed by atoms with Crippen molar-refractivity contribution < 1.29 is 9.53 Å². The number of piperazine rings is 1. The van der Waals surface area contributed by atoms with Crippen LogP contribution in [0.15, 0.2) is 42.5 Å². The Morgan fingerprint density at radius 2 is 1.78 bits per heavy atom. The monoisotopic (exact) mass is 432 g/mol. The minimum Gasteiger partial charge on any atom is -0.487 e. The fraction of sp³-hybridized carbons (Fsp3) is 0.423. The first-order valence-electron chi connectivity index (χ1n) is 11.5. The van der Waals surface area contributed by atoms with E-state index < -0.39 is 0 Å². The van der Waals surface area contributed by atoms with Crippen LogP contribution >= 0.6 is 0 Å². The fourth-order valence-electron chi connectivity index (χ4n) is 4.74. The lowest BCUT2D eigenvalue weighted by Crippen LogP contribution is -2.47. The molecule has 6 nitrogen and oxygen atoms in total. The number of hydrogen-bond acceptors (Lipinski definition) is 5. The summed E-state index contributed by atoms with van der Waals surface area (Å²) in [6, 6.07) is 14.3. The van der Waals surface area contributed by atoms with Gasteiger partial charge in [-0.15, -0.1) is 0 Å². The summed E-state index contributed by atoms with van der Waals surface area (Å²) in [5, 5.41) is 2.95. The van der Waals surface area contributed by atoms with Crippen LogP contribution in [0.1, 0.15) is 42.5 Å². The quantitative estimate of drug-likeness (QED) is 0.710. The lowest BCUT2D eigenvalue weighted by molar-refractivity contribution is -0.110. The first-order chi connectivity index (χ1) is 15.4. The second kappa shape index (κ2) is 8.35. The molecule has 3 aliphatic rings. The number of rotatable bonds is 5. The summed E-state index contributed by atoms with van der Waals surface area (Å²) in [5.41, 5.74) is 11.9. The van der Waals surface area contributed by atoms with E-state index in [1.54, 1.807) is 0 Å². The topological polar surface area (TPSA) is 70.8 Å². The van der Waals surface area contributed by atoms with E-state index in [1.807, 2.05) is 24.3 Å². The van der Waals surface area contributed by atoms with Gasteiger partial charge >= 0.3 is 0 Å². The van der Waals surface area contributed by atoms with Crippen LogP contribution in [0.5, 0.6) is 0 Å². The van der Waals surface area contributed by atoms with Crippen LogP contribution in [0, 0.1) is 0 Å². The first-order valence-corrected chi connectivity index (χ1v) is 11.5. The molecule has 0 unspecified atom stereocenters. The number of hydrogen-bond donors (Lipinski definition) is 2. The van der Waals surface area contributed by atoms with Crippen molar-refractivity contribution in [1.29, 1.82) is 0 Å². The number of fused-ring (bicyclic) bond motifs is 2. The van der Waals surface area contributed by atoms with E-state index in [1.165, 1.54) is 5.56 Å². The number of anilines is 1. The summed E-state index contributed by atoms with van der Waals surface area (Å²) in [7, 11) is 0. The van der Waals surface area contributed by atoms with E-state index in [0.29, 0.717) is 17.9 Å². The summed E-state index contributed by atoms with van der Waals surface area (Å²) in [5.74, 6) is 0.611. The van der Waals surface area contributed by atoms with Crippen molar-refractivity contribution in [3.8, 4) is 0 Å². The minimum atomic E-state index is -0.0982. The van der Waals surface area contributed by atoms with E-state index >= 15 is 0 Å². The van der Waals surface area contributed by atoms with Crippen molar-refractivity contribution in [2.24, 2.45) is 5.73 Å². The van der Waals surface area contributed by atoms with Gasteiger partial charge in [0.2, 0.25) is 0 Å². The Labute approximate surface area is 190 Å². The summed E-state index contributed by atoms with van der Waals surface area (Å²) in [6.07, 6.45) is 1.03. The molecular formula is C26H32N4O2. The van der Waals surface area contributed by atoms with Crippen molar-refractivity contribution in [3.05, 3.63) is 64.7 Å². The Hall–Kier alpha value is -2.67. The van der Waals surface area contributed by atoms with E-state index in [0.717, 1.165) is 68.1 Å². The first kappa shape index (κ1) is 21.2. The van der Waals surface area contributed by atoms with Gasteiger partial charge < -0.3 is 20.7 Å². The fourth-order valence-corrected chi connectivity index (χ4v) is 4.74. The smallest absolute Gasteiger partial charge is 0.260 e. The number of benzene rings is 2. The van der Waals surface area contributed by atoms with E-state index in [9.17, 15) is 4.79 Å². The molecule has 0 aromatic heterocycles. The molecule has 3 aliphatic heterocycles. The summed E-state index contributed by atoms with van der Waals surface area (Å²) >= 11 is 0. The molecule has 0 atom stereocenters. The Morgan fingerprint density at radius 1 is 1.03 bits per heavy atom. The minimum absolute atomic E-state index is 0.0889. The third kappa shape index (κ3) is 4.31. The van der Waals surface area contributed by atoms with Crippen LogP contribution in [0.3, 0.4) is 0 Å². The number of para-hydroxylation sites is 1.